The number of allylic oxidation sites excluding steroid dienone is 2. The van der Waals surface area contributed by atoms with E-state index < -0.39 is 0 Å². The number of hydrazine groups is 1. The fourth-order valence-electron chi connectivity index (χ4n) is 4.83. The molecule has 0 spiro atoms. The molecule has 1 N–H and O–H groups in total. The van der Waals surface area contributed by atoms with E-state index in [0.29, 0.717) is 0 Å². The molecular weight excluding hydrogens is 384 g/mol. The molecule has 3 heterocycles. The van der Waals surface area contributed by atoms with Crippen LogP contribution in [0.1, 0.15) is 43.7 Å². The minimum absolute atomic E-state index is 0.178. The zero-order valence-corrected chi connectivity index (χ0v) is 18.3. The van der Waals surface area contributed by atoms with Crippen LogP contribution in [0.2, 0.25) is 0 Å². The Kier molecular flexibility index (Phi) is 6.82. The lowest BCUT2D eigenvalue weighted by molar-refractivity contribution is -0.110. The van der Waals surface area contributed by atoms with E-state index in [4.69, 9.17) is 0 Å². The number of pyridine rings is 1. The number of piperidine rings is 1. The van der Waals surface area contributed by atoms with Gasteiger partial charge in [0.15, 0.2) is 0 Å². The molecule has 1 aromatic carbocycles. The van der Waals surface area contributed by atoms with Crippen molar-refractivity contribution in [2.45, 2.75) is 44.4 Å². The fraction of sp³-hybridized carbons (Fsp3) is 0.385. The van der Waals surface area contributed by atoms with E-state index in [1.807, 2.05) is 29.7 Å². The second kappa shape index (κ2) is 9.92. The number of benzene rings is 1. The van der Waals surface area contributed by atoms with E-state index in [1.165, 1.54) is 23.1 Å². The number of nitrogens with zero attached hydrogens (tertiary/aromatic N) is 3. The Morgan fingerprint density at radius 2 is 1.87 bits per heavy atom. The summed E-state index contributed by atoms with van der Waals surface area (Å²) in [5, 5.41) is 7.30. The van der Waals surface area contributed by atoms with Crippen molar-refractivity contribution in [2.24, 2.45) is 0 Å². The highest BCUT2D eigenvalue weighted by Gasteiger charge is 2.33. The molecule has 31 heavy (non-hydrogen) atoms. The van der Waals surface area contributed by atoms with Gasteiger partial charge in [-0.3, -0.25) is 9.78 Å². The topological polar surface area (TPSA) is 48.5 Å². The maximum absolute atomic E-state index is 12.3. The third-order valence-electron chi connectivity index (χ3n) is 6.37. The second-order valence-corrected chi connectivity index (χ2v) is 8.77. The molecule has 162 valence electrons. The first-order chi connectivity index (χ1) is 15.2. The third-order valence-corrected chi connectivity index (χ3v) is 6.37. The molecule has 1 amide bonds. The summed E-state index contributed by atoms with van der Waals surface area (Å²) in [5.41, 5.74) is 4.59. The van der Waals surface area contributed by atoms with Crippen LogP contribution in [0.5, 0.6) is 0 Å². The molecule has 0 aliphatic carbocycles. The molecule has 5 heteroatoms. The zero-order chi connectivity index (χ0) is 21.5. The van der Waals surface area contributed by atoms with Gasteiger partial charge >= 0.3 is 0 Å². The molecule has 1 atom stereocenters. The van der Waals surface area contributed by atoms with Gasteiger partial charge in [0.05, 0.1) is 5.69 Å². The number of hydrogen-bond donors (Lipinski definition) is 1. The second-order valence-electron chi connectivity index (χ2n) is 8.77. The molecule has 0 saturated carbocycles. The van der Waals surface area contributed by atoms with Gasteiger partial charge in [0.25, 0.3) is 0 Å². The van der Waals surface area contributed by atoms with Gasteiger partial charge in [-0.2, -0.15) is 0 Å². The van der Waals surface area contributed by atoms with Crippen LogP contribution >= 0.6 is 0 Å². The molecule has 5 nitrogen and oxygen atoms in total. The van der Waals surface area contributed by atoms with E-state index in [1.54, 1.807) is 0 Å². The maximum atomic E-state index is 12.3. The Labute approximate surface area is 185 Å². The van der Waals surface area contributed by atoms with Crippen LogP contribution in [0.25, 0.3) is 0 Å². The van der Waals surface area contributed by atoms with Gasteiger partial charge in [0.1, 0.15) is 0 Å². The van der Waals surface area contributed by atoms with Crippen molar-refractivity contribution >= 4 is 12.1 Å². The SMILES string of the molecule is CC(CC1=CCNC=C1)(Cc1ccncc1)c1ccccc1N(C=O)N1CCCCC1. The number of anilines is 1. The monoisotopic (exact) mass is 416 g/mol. The smallest absolute Gasteiger partial charge is 0.228 e. The molecule has 2 aliphatic heterocycles. The quantitative estimate of drug-likeness (QED) is 0.649. The number of dihydropyridines is 1. The highest BCUT2D eigenvalue weighted by Crippen LogP contribution is 2.40. The van der Waals surface area contributed by atoms with Crippen molar-refractivity contribution in [2.75, 3.05) is 24.6 Å². The molecular formula is C26H32N4O. The van der Waals surface area contributed by atoms with Crippen LogP contribution in [-0.4, -0.2) is 36.0 Å². The molecule has 1 aromatic heterocycles. The molecule has 2 aromatic rings. The highest BCUT2D eigenvalue weighted by atomic mass is 16.1. The number of carbonyl (C=O) groups excluding carboxylic acids is 1. The van der Waals surface area contributed by atoms with E-state index in [0.717, 1.165) is 57.4 Å². The van der Waals surface area contributed by atoms with Gasteiger partial charge in [0.2, 0.25) is 6.41 Å². The molecule has 4 rings (SSSR count). The first-order valence-corrected chi connectivity index (χ1v) is 11.3. The normalized spacial score (nSPS) is 18.5. The summed E-state index contributed by atoms with van der Waals surface area (Å²) in [5.74, 6) is 0. The first kappa shape index (κ1) is 21.3. The lowest BCUT2D eigenvalue weighted by atomic mass is 9.72. The predicted octanol–water partition coefficient (Wildman–Crippen LogP) is 4.38. The molecule has 1 saturated heterocycles. The summed E-state index contributed by atoms with van der Waals surface area (Å²) in [6.07, 6.45) is 16.4. The summed E-state index contributed by atoms with van der Waals surface area (Å²) in [7, 11) is 0. The summed E-state index contributed by atoms with van der Waals surface area (Å²) in [6, 6.07) is 12.6. The summed E-state index contributed by atoms with van der Waals surface area (Å²) < 4.78 is 0. The van der Waals surface area contributed by atoms with Gasteiger partial charge in [0, 0.05) is 37.4 Å². The largest absolute Gasteiger partial charge is 0.387 e. The van der Waals surface area contributed by atoms with Crippen LogP contribution < -0.4 is 10.3 Å². The maximum Gasteiger partial charge on any atom is 0.228 e. The predicted molar refractivity (Wildman–Crippen MR) is 126 cm³/mol. The van der Waals surface area contributed by atoms with Crippen LogP contribution in [-0.2, 0) is 16.6 Å². The number of para-hydroxylation sites is 1. The Morgan fingerprint density at radius 3 is 2.58 bits per heavy atom. The van der Waals surface area contributed by atoms with Crippen LogP contribution in [0.3, 0.4) is 0 Å². The standard InChI is InChI=1S/C26H32N4O/c1-26(19-22-9-13-27-14-10-22,20-23-11-15-28-16-12-23)24-7-3-4-8-25(24)30(21-31)29-17-5-2-6-18-29/h3-4,7-15,21,28H,2,5-6,16-20H2,1H3. The van der Waals surface area contributed by atoms with Crippen molar-refractivity contribution in [1.82, 2.24) is 15.3 Å². The Bertz CT molecular complexity index is 933. The van der Waals surface area contributed by atoms with Crippen LogP contribution in [0.15, 0.2) is 72.7 Å². The number of hydrogen-bond acceptors (Lipinski definition) is 4. The molecule has 0 radical (unpaired) electrons. The average Bonchev–Trinajstić information content (AvgIpc) is 2.82. The van der Waals surface area contributed by atoms with Crippen molar-refractivity contribution in [3.8, 4) is 0 Å². The number of nitrogens with one attached hydrogen (secondary N) is 1. The Morgan fingerprint density at radius 1 is 1.10 bits per heavy atom. The van der Waals surface area contributed by atoms with E-state index in [-0.39, 0.29) is 5.41 Å². The summed E-state index contributed by atoms with van der Waals surface area (Å²) in [4.78, 5) is 16.5. The highest BCUT2D eigenvalue weighted by molar-refractivity contribution is 5.76. The molecule has 0 bridgehead atoms. The summed E-state index contributed by atoms with van der Waals surface area (Å²) >= 11 is 0. The van der Waals surface area contributed by atoms with Crippen molar-refractivity contribution < 1.29 is 4.79 Å². The Hall–Kier alpha value is -2.92. The van der Waals surface area contributed by atoms with Crippen molar-refractivity contribution in [3.63, 3.8) is 0 Å². The van der Waals surface area contributed by atoms with E-state index in [2.05, 4.69) is 64.7 Å². The lowest BCUT2D eigenvalue weighted by Gasteiger charge is -2.39. The number of amides is 1. The zero-order valence-electron chi connectivity index (χ0n) is 18.3. The summed E-state index contributed by atoms with van der Waals surface area (Å²) in [6.45, 7) is 5.02. The van der Waals surface area contributed by atoms with Gasteiger partial charge in [-0.05, 0) is 72.9 Å². The Balaban J connectivity index is 1.74. The van der Waals surface area contributed by atoms with Gasteiger partial charge in [-0.15, -0.1) is 0 Å². The van der Waals surface area contributed by atoms with Gasteiger partial charge < -0.3 is 5.32 Å². The molecule has 1 unspecified atom stereocenters. The van der Waals surface area contributed by atoms with Crippen molar-refractivity contribution in [1.29, 1.82) is 0 Å². The number of carbonyl (C=O) groups is 1. The lowest BCUT2D eigenvalue weighted by Crippen LogP contribution is -2.46. The molecule has 2 aliphatic rings. The van der Waals surface area contributed by atoms with E-state index in [9.17, 15) is 4.79 Å². The average molecular weight is 417 g/mol. The minimum atomic E-state index is -0.178. The van der Waals surface area contributed by atoms with Crippen molar-refractivity contribution in [3.05, 3.63) is 83.8 Å². The third kappa shape index (κ3) is 5.05. The minimum Gasteiger partial charge on any atom is -0.387 e. The number of aromatic nitrogens is 1. The van der Waals surface area contributed by atoms with Gasteiger partial charge in [-0.25, -0.2) is 10.0 Å². The number of rotatable bonds is 8. The fourth-order valence-corrected chi connectivity index (χ4v) is 4.83. The van der Waals surface area contributed by atoms with Gasteiger partial charge in [-0.1, -0.05) is 37.6 Å². The first-order valence-electron chi connectivity index (χ1n) is 11.3. The molecule has 1 fully saturated rings. The van der Waals surface area contributed by atoms with Crippen LogP contribution in [0, 0.1) is 0 Å². The van der Waals surface area contributed by atoms with E-state index >= 15 is 0 Å². The van der Waals surface area contributed by atoms with Crippen LogP contribution in [0.4, 0.5) is 5.69 Å².